The molecule has 1 aliphatic carbocycles. The van der Waals surface area contributed by atoms with Crippen molar-refractivity contribution in [1.82, 2.24) is 14.9 Å². The number of piperidine rings is 1. The van der Waals surface area contributed by atoms with Crippen LogP contribution in [0.3, 0.4) is 0 Å². The van der Waals surface area contributed by atoms with Gasteiger partial charge in [0.2, 0.25) is 5.91 Å². The smallest absolute Gasteiger partial charge is 0.225 e. The van der Waals surface area contributed by atoms with Crippen molar-refractivity contribution in [2.45, 2.75) is 51.7 Å². The molecule has 2 fully saturated rings. The summed E-state index contributed by atoms with van der Waals surface area (Å²) in [7, 11) is 0. The second-order valence-corrected chi connectivity index (χ2v) is 7.70. The predicted molar refractivity (Wildman–Crippen MR) is 103 cm³/mol. The molecule has 1 amide bonds. The summed E-state index contributed by atoms with van der Waals surface area (Å²) in [5, 5.41) is 0. The van der Waals surface area contributed by atoms with Crippen molar-refractivity contribution in [1.29, 1.82) is 0 Å². The van der Waals surface area contributed by atoms with E-state index in [4.69, 9.17) is 9.72 Å². The topological polar surface area (TPSA) is 55.3 Å². The number of likely N-dealkylation sites (tertiary alicyclic amines) is 1. The molecule has 1 atom stereocenters. The van der Waals surface area contributed by atoms with E-state index in [0.717, 1.165) is 61.4 Å². The molecule has 142 valence electrons. The van der Waals surface area contributed by atoms with Gasteiger partial charge >= 0.3 is 0 Å². The Hall–Kier alpha value is -2.27. The van der Waals surface area contributed by atoms with Crippen LogP contribution in [0.1, 0.15) is 54.2 Å². The first-order valence-corrected chi connectivity index (χ1v) is 9.93. The molecule has 0 spiro atoms. The summed E-state index contributed by atoms with van der Waals surface area (Å²) in [5.41, 5.74) is 3.26. The van der Waals surface area contributed by atoms with Crippen molar-refractivity contribution >= 4 is 5.91 Å². The molecule has 0 radical (unpaired) electrons. The van der Waals surface area contributed by atoms with Crippen molar-refractivity contribution in [3.05, 3.63) is 59.2 Å². The number of ether oxygens (including phenoxy) is 1. The lowest BCUT2D eigenvalue weighted by Crippen LogP contribution is -2.40. The number of amides is 1. The van der Waals surface area contributed by atoms with Gasteiger partial charge in [0.05, 0.1) is 18.9 Å². The number of carbonyl (C=O) groups excluding carboxylic acids is 1. The Kier molecular flexibility index (Phi) is 5.48. The van der Waals surface area contributed by atoms with Crippen molar-refractivity contribution in [3.8, 4) is 0 Å². The Morgan fingerprint density at radius 3 is 2.78 bits per heavy atom. The van der Waals surface area contributed by atoms with Crippen LogP contribution < -0.4 is 0 Å². The van der Waals surface area contributed by atoms with Crippen LogP contribution in [-0.2, 0) is 22.7 Å². The van der Waals surface area contributed by atoms with Gasteiger partial charge in [0.25, 0.3) is 0 Å². The van der Waals surface area contributed by atoms with Crippen LogP contribution in [0.5, 0.6) is 0 Å². The molecule has 4 rings (SSSR count). The molecule has 1 aromatic heterocycles. The summed E-state index contributed by atoms with van der Waals surface area (Å²) in [4.78, 5) is 23.7. The van der Waals surface area contributed by atoms with Gasteiger partial charge in [-0.2, -0.15) is 0 Å². The van der Waals surface area contributed by atoms with Gasteiger partial charge in [-0.25, -0.2) is 9.97 Å². The molecule has 0 N–H and O–H groups in total. The Morgan fingerprint density at radius 2 is 2.00 bits per heavy atom. The highest BCUT2D eigenvalue weighted by molar-refractivity contribution is 5.81. The van der Waals surface area contributed by atoms with Crippen LogP contribution in [0.25, 0.3) is 0 Å². The number of aryl methyl sites for hydroxylation is 1. The van der Waals surface area contributed by atoms with E-state index >= 15 is 0 Å². The second-order valence-electron chi connectivity index (χ2n) is 7.70. The lowest BCUT2D eigenvalue weighted by Gasteiger charge is -2.33. The highest BCUT2D eigenvalue weighted by Gasteiger charge is 2.36. The summed E-state index contributed by atoms with van der Waals surface area (Å²) >= 11 is 0. The molecule has 5 heteroatoms. The first-order chi connectivity index (χ1) is 13.2. The van der Waals surface area contributed by atoms with Gasteiger partial charge < -0.3 is 9.64 Å². The molecule has 1 saturated carbocycles. The van der Waals surface area contributed by atoms with E-state index in [1.54, 1.807) is 0 Å². The maximum atomic E-state index is 12.5. The van der Waals surface area contributed by atoms with Crippen molar-refractivity contribution in [2.24, 2.45) is 5.92 Å². The standard InChI is InChI=1S/C22H27N3O2/c1-16-23-12-20(15-27-14-17-6-3-2-4-7-17)21(24-16)19-8-5-11-25(13-19)22(26)18-9-10-18/h2-4,6-7,12,18-19H,5,8-11,13-15H2,1H3. The van der Waals surface area contributed by atoms with Gasteiger partial charge in [0.15, 0.2) is 0 Å². The number of hydrogen-bond donors (Lipinski definition) is 0. The van der Waals surface area contributed by atoms with Crippen molar-refractivity contribution in [3.63, 3.8) is 0 Å². The Bertz CT molecular complexity index is 789. The fourth-order valence-electron chi connectivity index (χ4n) is 3.82. The summed E-state index contributed by atoms with van der Waals surface area (Å²) in [6.45, 7) is 4.66. The summed E-state index contributed by atoms with van der Waals surface area (Å²) < 4.78 is 5.94. The maximum absolute atomic E-state index is 12.5. The average molecular weight is 365 g/mol. The molecule has 5 nitrogen and oxygen atoms in total. The largest absolute Gasteiger partial charge is 0.372 e. The van der Waals surface area contributed by atoms with E-state index < -0.39 is 0 Å². The van der Waals surface area contributed by atoms with Crippen LogP contribution in [0, 0.1) is 12.8 Å². The minimum atomic E-state index is 0.276. The highest BCUT2D eigenvalue weighted by Crippen LogP contribution is 2.34. The minimum absolute atomic E-state index is 0.276. The van der Waals surface area contributed by atoms with E-state index in [1.807, 2.05) is 31.3 Å². The van der Waals surface area contributed by atoms with Crippen LogP contribution in [0.2, 0.25) is 0 Å². The third kappa shape index (κ3) is 4.53. The fraction of sp³-hybridized carbons (Fsp3) is 0.500. The van der Waals surface area contributed by atoms with E-state index in [-0.39, 0.29) is 11.8 Å². The van der Waals surface area contributed by atoms with E-state index in [0.29, 0.717) is 19.1 Å². The van der Waals surface area contributed by atoms with Crippen LogP contribution in [-0.4, -0.2) is 33.9 Å². The molecule has 1 unspecified atom stereocenters. The zero-order valence-corrected chi connectivity index (χ0v) is 15.9. The Labute approximate surface area is 160 Å². The molecular weight excluding hydrogens is 338 g/mol. The predicted octanol–water partition coefficient (Wildman–Crippen LogP) is 3.62. The number of carbonyl (C=O) groups is 1. The number of rotatable bonds is 6. The van der Waals surface area contributed by atoms with Crippen LogP contribution in [0.15, 0.2) is 36.5 Å². The summed E-state index contributed by atoms with van der Waals surface area (Å²) in [6.07, 6.45) is 6.12. The van der Waals surface area contributed by atoms with Gasteiger partial charge in [-0.1, -0.05) is 30.3 Å². The number of nitrogens with zero attached hydrogens (tertiary/aromatic N) is 3. The zero-order valence-electron chi connectivity index (χ0n) is 15.9. The first-order valence-electron chi connectivity index (χ1n) is 9.93. The molecule has 0 bridgehead atoms. The first kappa shape index (κ1) is 18.1. The third-order valence-corrected chi connectivity index (χ3v) is 5.43. The van der Waals surface area contributed by atoms with Gasteiger partial charge in [-0.15, -0.1) is 0 Å². The fourth-order valence-corrected chi connectivity index (χ4v) is 3.82. The van der Waals surface area contributed by atoms with Gasteiger partial charge in [-0.05, 0) is 38.2 Å². The Morgan fingerprint density at radius 1 is 1.19 bits per heavy atom. The molecule has 1 aliphatic heterocycles. The molecule has 2 heterocycles. The molecule has 2 aromatic rings. The average Bonchev–Trinajstić information content (AvgIpc) is 3.55. The van der Waals surface area contributed by atoms with Crippen molar-refractivity contribution in [2.75, 3.05) is 13.1 Å². The lowest BCUT2D eigenvalue weighted by molar-refractivity contribution is -0.133. The van der Waals surface area contributed by atoms with Gasteiger partial charge in [0.1, 0.15) is 5.82 Å². The quantitative estimate of drug-likeness (QED) is 0.785. The second kappa shape index (κ2) is 8.17. The van der Waals surface area contributed by atoms with E-state index in [9.17, 15) is 4.79 Å². The SMILES string of the molecule is Cc1ncc(COCc2ccccc2)c(C2CCCN(C(=O)C3CC3)C2)n1. The van der Waals surface area contributed by atoms with Crippen LogP contribution in [0.4, 0.5) is 0 Å². The summed E-state index contributed by atoms with van der Waals surface area (Å²) in [6, 6.07) is 10.2. The Balaban J connectivity index is 1.44. The third-order valence-electron chi connectivity index (χ3n) is 5.43. The van der Waals surface area contributed by atoms with Gasteiger partial charge in [-0.3, -0.25) is 4.79 Å². The lowest BCUT2D eigenvalue weighted by atomic mass is 9.91. The number of benzene rings is 1. The minimum Gasteiger partial charge on any atom is -0.372 e. The van der Waals surface area contributed by atoms with E-state index in [2.05, 4.69) is 22.0 Å². The highest BCUT2D eigenvalue weighted by atomic mass is 16.5. The van der Waals surface area contributed by atoms with Crippen LogP contribution >= 0.6 is 0 Å². The van der Waals surface area contributed by atoms with Crippen molar-refractivity contribution < 1.29 is 9.53 Å². The summed E-state index contributed by atoms with van der Waals surface area (Å²) in [5.74, 6) is 1.68. The monoisotopic (exact) mass is 365 g/mol. The molecular formula is C22H27N3O2. The van der Waals surface area contributed by atoms with E-state index in [1.165, 1.54) is 0 Å². The number of aromatic nitrogens is 2. The molecule has 1 aromatic carbocycles. The molecule has 27 heavy (non-hydrogen) atoms. The molecule has 2 aliphatic rings. The zero-order chi connectivity index (χ0) is 18.6. The normalized spacial score (nSPS) is 19.9. The maximum Gasteiger partial charge on any atom is 0.225 e. The number of hydrogen-bond acceptors (Lipinski definition) is 4. The molecule has 1 saturated heterocycles. The van der Waals surface area contributed by atoms with Gasteiger partial charge in [0, 0.05) is 36.7 Å².